The Morgan fingerprint density at radius 1 is 1.14 bits per heavy atom. The topological polar surface area (TPSA) is 50.8 Å². The van der Waals surface area contributed by atoms with Gasteiger partial charge in [-0.25, -0.2) is 0 Å². The van der Waals surface area contributed by atoms with E-state index in [9.17, 15) is 4.79 Å². The van der Waals surface area contributed by atoms with Gasteiger partial charge in [0.1, 0.15) is 5.75 Å². The summed E-state index contributed by atoms with van der Waals surface area (Å²) < 4.78 is 11.0. The molecule has 1 aliphatic heterocycles. The Balaban J connectivity index is 1.44. The molecule has 1 atom stereocenters. The summed E-state index contributed by atoms with van der Waals surface area (Å²) in [5.74, 6) is 0.907. The molecule has 1 saturated heterocycles. The number of nitrogens with zero attached hydrogens (tertiary/aromatic N) is 1. The molecule has 1 unspecified atom stereocenters. The number of methoxy groups -OCH3 is 1. The lowest BCUT2D eigenvalue weighted by molar-refractivity contribution is -0.116. The second-order valence-electron chi connectivity index (χ2n) is 7.18. The molecule has 1 N–H and O–H groups in total. The number of nitrogens with one attached hydrogen (secondary N) is 1. The van der Waals surface area contributed by atoms with Crippen LogP contribution in [0.25, 0.3) is 0 Å². The summed E-state index contributed by atoms with van der Waals surface area (Å²) in [4.78, 5) is 14.6. The highest BCUT2D eigenvalue weighted by molar-refractivity contribution is 5.91. The summed E-state index contributed by atoms with van der Waals surface area (Å²) in [5.41, 5.74) is 3.14. The number of ether oxygens (including phenoxy) is 2. The van der Waals surface area contributed by atoms with Gasteiger partial charge in [-0.2, -0.15) is 0 Å². The van der Waals surface area contributed by atoms with Gasteiger partial charge >= 0.3 is 0 Å². The van der Waals surface area contributed by atoms with E-state index in [1.165, 1.54) is 5.69 Å². The highest BCUT2D eigenvalue weighted by atomic mass is 16.5. The molecule has 0 aliphatic carbocycles. The molecule has 1 heterocycles. The highest BCUT2D eigenvalue weighted by Crippen LogP contribution is 2.23. The normalized spacial score (nSPS) is 16.2. The average Bonchev–Trinajstić information content (AvgIpc) is 3.21. The number of benzene rings is 2. The Hall–Kier alpha value is -2.53. The first-order chi connectivity index (χ1) is 13.7. The zero-order chi connectivity index (χ0) is 19.8. The van der Waals surface area contributed by atoms with Gasteiger partial charge in [-0.05, 0) is 61.2 Å². The lowest BCUT2D eigenvalue weighted by atomic mass is 10.1. The lowest BCUT2D eigenvalue weighted by Crippen LogP contribution is -2.22. The molecule has 3 rings (SSSR count). The maximum atomic E-state index is 12.3. The number of hydrogen-bond acceptors (Lipinski definition) is 4. The van der Waals surface area contributed by atoms with Gasteiger partial charge < -0.3 is 19.7 Å². The third-order valence-corrected chi connectivity index (χ3v) is 5.03. The average molecular weight is 383 g/mol. The molecule has 1 amide bonds. The van der Waals surface area contributed by atoms with Crippen molar-refractivity contribution >= 4 is 17.3 Å². The second-order valence-corrected chi connectivity index (χ2v) is 7.18. The number of aryl methyl sites for hydroxylation is 1. The minimum absolute atomic E-state index is 0.0275. The Morgan fingerprint density at radius 3 is 2.54 bits per heavy atom. The molecule has 1 aliphatic rings. The molecule has 150 valence electrons. The van der Waals surface area contributed by atoms with E-state index in [1.54, 1.807) is 7.11 Å². The van der Waals surface area contributed by atoms with Gasteiger partial charge in [-0.3, -0.25) is 4.79 Å². The van der Waals surface area contributed by atoms with E-state index in [-0.39, 0.29) is 5.91 Å². The van der Waals surface area contributed by atoms with Gasteiger partial charge in [0.2, 0.25) is 5.91 Å². The number of hydrogen-bond donors (Lipinski definition) is 1. The molecule has 0 radical (unpaired) electrons. The van der Waals surface area contributed by atoms with E-state index >= 15 is 0 Å². The standard InChI is InChI=1S/C23H30N2O3/c1-3-16-28-21-11-4-18(5-12-21)6-13-23(26)24-19-7-9-20(10-8-19)25-15-14-22(17-25)27-2/h4-5,7-12,22H,3,6,13-17H2,1-2H3,(H,24,26). The van der Waals surface area contributed by atoms with Crippen LogP contribution in [0.3, 0.4) is 0 Å². The highest BCUT2D eigenvalue weighted by Gasteiger charge is 2.22. The Kier molecular flexibility index (Phi) is 7.31. The van der Waals surface area contributed by atoms with Crippen LogP contribution in [-0.4, -0.2) is 38.8 Å². The third-order valence-electron chi connectivity index (χ3n) is 5.03. The first-order valence-electron chi connectivity index (χ1n) is 10.1. The van der Waals surface area contributed by atoms with Crippen LogP contribution in [0.4, 0.5) is 11.4 Å². The lowest BCUT2D eigenvalue weighted by Gasteiger charge is -2.18. The van der Waals surface area contributed by atoms with E-state index in [4.69, 9.17) is 9.47 Å². The van der Waals surface area contributed by atoms with Gasteiger partial charge in [-0.15, -0.1) is 0 Å². The number of carbonyl (C=O) groups is 1. The maximum absolute atomic E-state index is 12.3. The molecule has 5 nitrogen and oxygen atoms in total. The zero-order valence-corrected chi connectivity index (χ0v) is 16.8. The first kappa shape index (κ1) is 20.2. The van der Waals surface area contributed by atoms with Gasteiger partial charge in [-0.1, -0.05) is 19.1 Å². The number of amides is 1. The Labute approximate surface area is 167 Å². The summed E-state index contributed by atoms with van der Waals surface area (Å²) in [6.45, 7) is 4.74. The minimum atomic E-state index is 0.0275. The molecular formula is C23H30N2O3. The van der Waals surface area contributed by atoms with Crippen LogP contribution in [0.5, 0.6) is 5.75 Å². The van der Waals surface area contributed by atoms with E-state index in [1.807, 2.05) is 36.4 Å². The van der Waals surface area contributed by atoms with Crippen molar-refractivity contribution in [3.05, 3.63) is 54.1 Å². The van der Waals surface area contributed by atoms with Crippen molar-refractivity contribution in [2.75, 3.05) is 37.0 Å². The Morgan fingerprint density at radius 2 is 1.89 bits per heavy atom. The Bertz CT molecular complexity index is 743. The molecule has 1 fully saturated rings. The van der Waals surface area contributed by atoms with Crippen molar-refractivity contribution < 1.29 is 14.3 Å². The molecule has 28 heavy (non-hydrogen) atoms. The second kappa shape index (κ2) is 10.1. The van der Waals surface area contributed by atoms with Gasteiger partial charge in [0.15, 0.2) is 0 Å². The largest absolute Gasteiger partial charge is 0.494 e. The van der Waals surface area contributed by atoms with Crippen molar-refractivity contribution in [2.45, 2.75) is 38.7 Å². The third kappa shape index (κ3) is 5.73. The van der Waals surface area contributed by atoms with Crippen molar-refractivity contribution in [3.63, 3.8) is 0 Å². The molecule has 2 aromatic carbocycles. The van der Waals surface area contributed by atoms with Crippen molar-refractivity contribution in [1.82, 2.24) is 0 Å². The van der Waals surface area contributed by atoms with Crippen LogP contribution in [0.1, 0.15) is 31.7 Å². The number of rotatable bonds is 9. The van der Waals surface area contributed by atoms with Crippen molar-refractivity contribution in [1.29, 1.82) is 0 Å². The summed E-state index contributed by atoms with van der Waals surface area (Å²) in [5, 5.41) is 2.98. The van der Waals surface area contributed by atoms with Crippen LogP contribution in [0, 0.1) is 0 Å². The summed E-state index contributed by atoms with van der Waals surface area (Å²) in [6, 6.07) is 16.0. The monoisotopic (exact) mass is 382 g/mol. The summed E-state index contributed by atoms with van der Waals surface area (Å²) >= 11 is 0. The molecule has 2 aromatic rings. The van der Waals surface area contributed by atoms with E-state index in [2.05, 4.69) is 29.3 Å². The van der Waals surface area contributed by atoms with Gasteiger partial charge in [0.25, 0.3) is 0 Å². The fourth-order valence-corrected chi connectivity index (χ4v) is 3.36. The zero-order valence-electron chi connectivity index (χ0n) is 16.8. The van der Waals surface area contributed by atoms with Crippen LogP contribution in [0.2, 0.25) is 0 Å². The van der Waals surface area contributed by atoms with Crippen LogP contribution in [0.15, 0.2) is 48.5 Å². The fourth-order valence-electron chi connectivity index (χ4n) is 3.36. The molecule has 0 spiro atoms. The maximum Gasteiger partial charge on any atom is 0.224 e. The number of carbonyl (C=O) groups excluding carboxylic acids is 1. The van der Waals surface area contributed by atoms with E-state index < -0.39 is 0 Å². The quantitative estimate of drug-likeness (QED) is 0.704. The molecule has 0 aromatic heterocycles. The smallest absolute Gasteiger partial charge is 0.224 e. The fraction of sp³-hybridized carbons (Fsp3) is 0.435. The summed E-state index contributed by atoms with van der Waals surface area (Å²) in [6.07, 6.45) is 3.53. The van der Waals surface area contributed by atoms with Crippen molar-refractivity contribution in [2.24, 2.45) is 0 Å². The van der Waals surface area contributed by atoms with Crippen LogP contribution < -0.4 is 15.0 Å². The molecule has 5 heteroatoms. The van der Waals surface area contributed by atoms with E-state index in [0.717, 1.165) is 49.5 Å². The SMILES string of the molecule is CCCOc1ccc(CCC(=O)Nc2ccc(N3CCC(OC)C3)cc2)cc1. The predicted molar refractivity (Wildman–Crippen MR) is 113 cm³/mol. The first-order valence-corrected chi connectivity index (χ1v) is 10.1. The molecule has 0 bridgehead atoms. The van der Waals surface area contributed by atoms with Gasteiger partial charge in [0, 0.05) is 38.0 Å². The molecular weight excluding hydrogens is 352 g/mol. The van der Waals surface area contributed by atoms with E-state index in [0.29, 0.717) is 18.9 Å². The number of anilines is 2. The van der Waals surface area contributed by atoms with Gasteiger partial charge in [0.05, 0.1) is 12.7 Å². The minimum Gasteiger partial charge on any atom is -0.494 e. The van der Waals surface area contributed by atoms with Crippen molar-refractivity contribution in [3.8, 4) is 5.75 Å². The predicted octanol–water partition coefficient (Wildman–Crippen LogP) is 4.27. The van der Waals surface area contributed by atoms with Crippen LogP contribution >= 0.6 is 0 Å². The molecule has 0 saturated carbocycles. The van der Waals surface area contributed by atoms with Crippen LogP contribution in [-0.2, 0) is 16.0 Å². The summed E-state index contributed by atoms with van der Waals surface area (Å²) in [7, 11) is 1.77.